The largest absolute Gasteiger partial charge is 0.337 e. The maximum absolute atomic E-state index is 12.5. The van der Waals surface area contributed by atoms with E-state index in [9.17, 15) is 13.2 Å². The predicted octanol–water partition coefficient (Wildman–Crippen LogP) is 2.33. The van der Waals surface area contributed by atoms with Gasteiger partial charge in [-0.3, -0.25) is 9.89 Å². The number of carbonyl (C=O) groups is 1. The summed E-state index contributed by atoms with van der Waals surface area (Å²) in [4.78, 5) is 14.0. The monoisotopic (exact) mass is 333 g/mol. The number of nitrogens with one attached hydrogen (secondary N) is 1. The van der Waals surface area contributed by atoms with E-state index in [1.54, 1.807) is 4.90 Å². The molecule has 0 aromatic carbocycles. The second-order valence-corrected chi connectivity index (χ2v) is 8.22. The van der Waals surface area contributed by atoms with E-state index in [2.05, 4.69) is 17.1 Å². The summed E-state index contributed by atoms with van der Waals surface area (Å²) in [5.74, 6) is -0.0219. The van der Waals surface area contributed by atoms with Crippen molar-refractivity contribution >= 4 is 25.6 Å². The van der Waals surface area contributed by atoms with Crippen LogP contribution in [-0.2, 0) is 9.05 Å². The molecule has 1 unspecified atom stereocenters. The molecule has 2 heterocycles. The van der Waals surface area contributed by atoms with Crippen molar-refractivity contribution in [2.24, 2.45) is 5.92 Å². The molecule has 1 atom stereocenters. The van der Waals surface area contributed by atoms with E-state index in [0.717, 1.165) is 12.8 Å². The standard InChI is InChI=1S/C13H20ClN3O3S/c1-4-9-5-6-17(7-9)13(18)11-12(21(14,19)20)10(8(2)3)15-16-11/h8-9H,4-7H2,1-3H3,(H,15,16). The van der Waals surface area contributed by atoms with E-state index < -0.39 is 9.05 Å². The van der Waals surface area contributed by atoms with E-state index in [1.165, 1.54) is 0 Å². The van der Waals surface area contributed by atoms with Crippen LogP contribution in [0.1, 0.15) is 55.7 Å². The molecule has 0 aliphatic carbocycles. The topological polar surface area (TPSA) is 83.1 Å². The molecule has 1 fully saturated rings. The predicted molar refractivity (Wildman–Crippen MR) is 80.0 cm³/mol. The fourth-order valence-electron chi connectivity index (χ4n) is 2.63. The number of halogens is 1. The van der Waals surface area contributed by atoms with Crippen molar-refractivity contribution < 1.29 is 13.2 Å². The van der Waals surface area contributed by atoms with Crippen LogP contribution in [-0.4, -0.2) is 42.5 Å². The van der Waals surface area contributed by atoms with Crippen LogP contribution >= 0.6 is 10.7 Å². The molecule has 0 radical (unpaired) electrons. The molecule has 21 heavy (non-hydrogen) atoms. The first-order chi connectivity index (χ1) is 9.75. The number of likely N-dealkylation sites (tertiary alicyclic amines) is 1. The quantitative estimate of drug-likeness (QED) is 0.857. The number of hydrogen-bond donors (Lipinski definition) is 1. The van der Waals surface area contributed by atoms with Crippen molar-refractivity contribution in [2.45, 2.75) is 44.4 Å². The van der Waals surface area contributed by atoms with Crippen molar-refractivity contribution in [1.29, 1.82) is 0 Å². The maximum atomic E-state index is 12.5. The zero-order chi connectivity index (χ0) is 15.8. The Morgan fingerprint density at radius 2 is 2.19 bits per heavy atom. The number of aromatic amines is 1. The molecule has 1 aromatic heterocycles. The van der Waals surface area contributed by atoms with E-state index in [-0.39, 0.29) is 22.4 Å². The van der Waals surface area contributed by atoms with Crippen LogP contribution in [0, 0.1) is 5.92 Å². The number of carbonyl (C=O) groups excluding carboxylic acids is 1. The minimum atomic E-state index is -4.03. The zero-order valence-corrected chi connectivity index (χ0v) is 14.0. The van der Waals surface area contributed by atoms with Gasteiger partial charge in [0.05, 0.1) is 5.69 Å². The summed E-state index contributed by atoms with van der Waals surface area (Å²) in [7, 11) is 1.47. The first-order valence-corrected chi connectivity index (χ1v) is 9.38. The molecule has 0 spiro atoms. The molecule has 0 saturated carbocycles. The Hall–Kier alpha value is -1.08. The number of hydrogen-bond acceptors (Lipinski definition) is 4. The van der Waals surface area contributed by atoms with Crippen LogP contribution in [0.15, 0.2) is 4.90 Å². The summed E-state index contributed by atoms with van der Waals surface area (Å²) in [5, 5.41) is 6.57. The first-order valence-electron chi connectivity index (χ1n) is 7.07. The summed E-state index contributed by atoms with van der Waals surface area (Å²) in [6, 6.07) is 0. The van der Waals surface area contributed by atoms with Crippen molar-refractivity contribution in [3.63, 3.8) is 0 Å². The van der Waals surface area contributed by atoms with E-state index >= 15 is 0 Å². The highest BCUT2D eigenvalue weighted by Crippen LogP contribution is 2.30. The van der Waals surface area contributed by atoms with Gasteiger partial charge in [-0.1, -0.05) is 27.2 Å². The van der Waals surface area contributed by atoms with Gasteiger partial charge in [0.15, 0.2) is 5.69 Å². The van der Waals surface area contributed by atoms with Gasteiger partial charge in [-0.25, -0.2) is 8.42 Å². The Kier molecular flexibility index (Phi) is 4.63. The molecule has 0 bridgehead atoms. The van der Waals surface area contributed by atoms with Crippen LogP contribution in [0.5, 0.6) is 0 Å². The SMILES string of the molecule is CCC1CCN(C(=O)c2n[nH]c(C(C)C)c2S(=O)(=O)Cl)C1. The van der Waals surface area contributed by atoms with Gasteiger partial charge in [0.25, 0.3) is 15.0 Å². The van der Waals surface area contributed by atoms with Gasteiger partial charge in [-0.2, -0.15) is 5.10 Å². The number of H-pyrrole nitrogens is 1. The van der Waals surface area contributed by atoms with Crippen LogP contribution in [0.4, 0.5) is 0 Å². The minimum absolute atomic E-state index is 0.0922. The molecule has 2 rings (SSSR count). The second-order valence-electron chi connectivity index (χ2n) is 5.72. The summed E-state index contributed by atoms with van der Waals surface area (Å²) in [6.07, 6.45) is 1.94. The third-order valence-electron chi connectivity index (χ3n) is 3.92. The molecular formula is C13H20ClN3O3S. The average Bonchev–Trinajstić information content (AvgIpc) is 3.03. The lowest BCUT2D eigenvalue weighted by Crippen LogP contribution is -2.30. The lowest BCUT2D eigenvalue weighted by molar-refractivity contribution is 0.0777. The van der Waals surface area contributed by atoms with Gasteiger partial charge in [0.1, 0.15) is 4.90 Å². The van der Waals surface area contributed by atoms with Gasteiger partial charge in [-0.05, 0) is 18.3 Å². The Morgan fingerprint density at radius 1 is 1.52 bits per heavy atom. The van der Waals surface area contributed by atoms with Crippen LogP contribution in [0.2, 0.25) is 0 Å². The van der Waals surface area contributed by atoms with Gasteiger partial charge < -0.3 is 4.90 Å². The molecule has 6 nitrogen and oxygen atoms in total. The lowest BCUT2D eigenvalue weighted by Gasteiger charge is -2.15. The minimum Gasteiger partial charge on any atom is -0.337 e. The fourth-order valence-corrected chi connectivity index (χ4v) is 4.00. The molecule has 1 saturated heterocycles. The Balaban J connectivity index is 2.39. The van der Waals surface area contributed by atoms with Gasteiger partial charge in [-0.15, -0.1) is 0 Å². The number of nitrogens with zero attached hydrogens (tertiary/aromatic N) is 2. The van der Waals surface area contributed by atoms with Crippen molar-refractivity contribution in [1.82, 2.24) is 15.1 Å². The molecule has 1 aliphatic rings. The first kappa shape index (κ1) is 16.3. The summed E-state index contributed by atoms with van der Waals surface area (Å²) < 4.78 is 23.6. The molecule has 1 N–H and O–H groups in total. The molecule has 1 amide bonds. The lowest BCUT2D eigenvalue weighted by atomic mass is 10.1. The highest BCUT2D eigenvalue weighted by atomic mass is 35.7. The van der Waals surface area contributed by atoms with Crippen molar-refractivity contribution in [2.75, 3.05) is 13.1 Å². The van der Waals surface area contributed by atoms with Crippen LogP contribution in [0.25, 0.3) is 0 Å². The van der Waals surface area contributed by atoms with Gasteiger partial charge in [0.2, 0.25) is 0 Å². The van der Waals surface area contributed by atoms with E-state index in [0.29, 0.717) is 24.7 Å². The van der Waals surface area contributed by atoms with Gasteiger partial charge >= 0.3 is 0 Å². The fraction of sp³-hybridized carbons (Fsp3) is 0.692. The Bertz CT molecular complexity index is 639. The van der Waals surface area contributed by atoms with E-state index in [4.69, 9.17) is 10.7 Å². The number of amides is 1. The number of aromatic nitrogens is 2. The molecule has 1 aromatic rings. The Labute approximate surface area is 129 Å². The third-order valence-corrected chi connectivity index (χ3v) is 5.29. The smallest absolute Gasteiger partial charge is 0.275 e. The Morgan fingerprint density at radius 3 is 2.67 bits per heavy atom. The third kappa shape index (κ3) is 3.23. The molecular weight excluding hydrogens is 314 g/mol. The highest BCUT2D eigenvalue weighted by molar-refractivity contribution is 8.13. The maximum Gasteiger partial charge on any atom is 0.275 e. The molecule has 1 aliphatic heterocycles. The van der Waals surface area contributed by atoms with Crippen LogP contribution < -0.4 is 0 Å². The van der Waals surface area contributed by atoms with Gasteiger partial charge in [0, 0.05) is 23.8 Å². The van der Waals surface area contributed by atoms with E-state index in [1.807, 2.05) is 13.8 Å². The number of rotatable bonds is 4. The second kappa shape index (κ2) is 5.96. The highest BCUT2D eigenvalue weighted by Gasteiger charge is 2.34. The summed E-state index contributed by atoms with van der Waals surface area (Å²) >= 11 is 0. The van der Waals surface area contributed by atoms with Crippen LogP contribution in [0.3, 0.4) is 0 Å². The molecule has 8 heteroatoms. The zero-order valence-electron chi connectivity index (χ0n) is 12.4. The summed E-state index contributed by atoms with van der Waals surface area (Å²) in [6.45, 7) is 6.98. The molecule has 118 valence electrons. The van der Waals surface area contributed by atoms with Crippen molar-refractivity contribution in [3.05, 3.63) is 11.4 Å². The average molecular weight is 334 g/mol. The summed E-state index contributed by atoms with van der Waals surface area (Å²) in [5.41, 5.74) is 0.282. The van der Waals surface area contributed by atoms with Crippen molar-refractivity contribution in [3.8, 4) is 0 Å². The normalized spacial score (nSPS) is 19.5.